The topological polar surface area (TPSA) is 33.2 Å². The van der Waals surface area contributed by atoms with Crippen LogP contribution in [0, 0.1) is 11.7 Å². The minimum Gasteiger partial charge on any atom is -0.279 e. The minimum atomic E-state index is -0.360. The predicted molar refractivity (Wildman–Crippen MR) is 97.5 cm³/mol. The van der Waals surface area contributed by atoms with Crippen molar-refractivity contribution >= 4 is 28.2 Å². The van der Waals surface area contributed by atoms with Gasteiger partial charge in [0, 0.05) is 16.7 Å². The summed E-state index contributed by atoms with van der Waals surface area (Å²) in [4.78, 5) is 19.2. The van der Waals surface area contributed by atoms with Crippen molar-refractivity contribution in [2.75, 3.05) is 4.90 Å². The Labute approximate surface area is 146 Å². The van der Waals surface area contributed by atoms with Gasteiger partial charge in [-0.3, -0.25) is 14.7 Å². The second kappa shape index (κ2) is 5.38. The van der Waals surface area contributed by atoms with E-state index in [1.807, 2.05) is 51.1 Å². The summed E-state index contributed by atoms with van der Waals surface area (Å²) in [5.74, 6) is -0.618. The lowest BCUT2D eigenvalue weighted by molar-refractivity contribution is -0.123. The van der Waals surface area contributed by atoms with Gasteiger partial charge in [0.2, 0.25) is 5.91 Å². The van der Waals surface area contributed by atoms with Crippen LogP contribution >= 0.6 is 0 Å². The highest BCUT2D eigenvalue weighted by Crippen LogP contribution is 2.46. The highest BCUT2D eigenvalue weighted by molar-refractivity contribution is 6.06. The van der Waals surface area contributed by atoms with Crippen molar-refractivity contribution in [3.8, 4) is 0 Å². The molecule has 0 N–H and O–H groups in total. The van der Waals surface area contributed by atoms with Crippen LogP contribution in [-0.4, -0.2) is 10.9 Å². The number of pyridine rings is 1. The molecule has 3 nitrogen and oxygen atoms in total. The maximum absolute atomic E-state index is 14.0. The zero-order valence-corrected chi connectivity index (χ0v) is 14.5. The Morgan fingerprint density at radius 3 is 2.68 bits per heavy atom. The number of para-hydroxylation sites is 1. The molecule has 2 aromatic carbocycles. The van der Waals surface area contributed by atoms with Crippen molar-refractivity contribution in [2.24, 2.45) is 5.92 Å². The van der Waals surface area contributed by atoms with Crippen molar-refractivity contribution in [3.63, 3.8) is 0 Å². The molecule has 0 bridgehead atoms. The third kappa shape index (κ3) is 2.32. The molecule has 126 valence electrons. The lowest BCUT2D eigenvalue weighted by Gasteiger charge is -2.43. The number of amides is 1. The Balaban J connectivity index is 1.96. The molecule has 3 aromatic rings. The van der Waals surface area contributed by atoms with Gasteiger partial charge in [0.05, 0.1) is 23.1 Å². The molecule has 25 heavy (non-hydrogen) atoms. The monoisotopic (exact) mass is 334 g/mol. The van der Waals surface area contributed by atoms with Gasteiger partial charge in [-0.1, -0.05) is 45.0 Å². The Morgan fingerprint density at radius 1 is 1.12 bits per heavy atom. The quantitative estimate of drug-likeness (QED) is 0.630. The van der Waals surface area contributed by atoms with Crippen molar-refractivity contribution in [1.82, 2.24) is 4.98 Å². The van der Waals surface area contributed by atoms with Crippen LogP contribution < -0.4 is 4.90 Å². The van der Waals surface area contributed by atoms with Crippen molar-refractivity contribution in [2.45, 2.75) is 26.2 Å². The van der Waals surface area contributed by atoms with Crippen LogP contribution in [0.2, 0.25) is 0 Å². The number of hydrogen-bond acceptors (Lipinski definition) is 2. The van der Waals surface area contributed by atoms with Crippen LogP contribution in [0.5, 0.6) is 0 Å². The third-order valence-electron chi connectivity index (χ3n) is 5.40. The number of benzene rings is 2. The van der Waals surface area contributed by atoms with E-state index < -0.39 is 0 Å². The summed E-state index contributed by atoms with van der Waals surface area (Å²) in [6.45, 7) is 5.99. The summed E-state index contributed by atoms with van der Waals surface area (Å²) < 4.78 is 14.0. The van der Waals surface area contributed by atoms with Crippen LogP contribution in [-0.2, 0) is 10.2 Å². The van der Waals surface area contributed by atoms with E-state index in [-0.39, 0.29) is 23.1 Å². The number of rotatable bonds is 1. The first-order valence-electron chi connectivity index (χ1n) is 8.38. The number of hydrogen-bond donors (Lipinski definition) is 0. The van der Waals surface area contributed by atoms with E-state index in [0.29, 0.717) is 11.4 Å². The van der Waals surface area contributed by atoms with Gasteiger partial charge in [-0.05, 0) is 29.8 Å². The van der Waals surface area contributed by atoms with Gasteiger partial charge in [-0.2, -0.15) is 0 Å². The van der Waals surface area contributed by atoms with Gasteiger partial charge in [0.25, 0.3) is 0 Å². The maximum atomic E-state index is 14.0. The normalized spacial score (nSPS) is 19.1. The smallest absolute Gasteiger partial charge is 0.235 e. The lowest BCUT2D eigenvalue weighted by atomic mass is 9.70. The summed E-state index contributed by atoms with van der Waals surface area (Å²) in [7, 11) is 0. The van der Waals surface area contributed by atoms with Crippen LogP contribution in [0.3, 0.4) is 0 Å². The summed E-state index contributed by atoms with van der Waals surface area (Å²) in [5, 5.41) is 0.947. The van der Waals surface area contributed by atoms with Gasteiger partial charge in [-0.15, -0.1) is 0 Å². The molecule has 1 unspecified atom stereocenters. The summed E-state index contributed by atoms with van der Waals surface area (Å²) in [5.41, 5.74) is 2.74. The number of aromatic nitrogens is 1. The largest absolute Gasteiger partial charge is 0.279 e. The molecule has 0 saturated carbocycles. The Kier molecular flexibility index (Phi) is 3.39. The molecule has 1 amide bonds. The second-order valence-electron chi connectivity index (χ2n) is 7.16. The second-order valence-corrected chi connectivity index (χ2v) is 7.16. The Bertz CT molecular complexity index is 996. The predicted octanol–water partition coefficient (Wildman–Crippen LogP) is 4.97. The summed E-state index contributed by atoms with van der Waals surface area (Å²) >= 11 is 0. The number of carbonyl (C=O) groups is 1. The maximum Gasteiger partial charge on any atom is 0.235 e. The van der Waals surface area contributed by atoms with Gasteiger partial charge >= 0.3 is 0 Å². The number of carbonyl (C=O) groups excluding carboxylic acids is 1. The molecule has 2 heterocycles. The molecule has 1 aromatic heterocycles. The van der Waals surface area contributed by atoms with Gasteiger partial charge < -0.3 is 0 Å². The molecule has 0 saturated heterocycles. The van der Waals surface area contributed by atoms with E-state index in [0.717, 1.165) is 16.5 Å². The SMILES string of the molecule is CC1C(=O)N(c2cnc3ccccc3c2)c2cc(F)ccc2C1(C)C. The van der Waals surface area contributed by atoms with E-state index in [9.17, 15) is 9.18 Å². The third-order valence-corrected chi connectivity index (χ3v) is 5.40. The van der Waals surface area contributed by atoms with Crippen LogP contribution in [0.1, 0.15) is 26.3 Å². The van der Waals surface area contributed by atoms with Gasteiger partial charge in [0.1, 0.15) is 5.82 Å². The van der Waals surface area contributed by atoms with E-state index >= 15 is 0 Å². The number of halogens is 1. The average Bonchev–Trinajstić information content (AvgIpc) is 2.60. The molecule has 0 spiro atoms. The molecule has 4 rings (SSSR count). The first kappa shape index (κ1) is 15.8. The minimum absolute atomic E-state index is 0.0415. The van der Waals surface area contributed by atoms with Crippen molar-refractivity contribution in [1.29, 1.82) is 0 Å². The molecule has 1 aliphatic rings. The zero-order valence-electron chi connectivity index (χ0n) is 14.5. The average molecular weight is 334 g/mol. The highest BCUT2D eigenvalue weighted by Gasteiger charge is 2.43. The molecule has 1 aliphatic heterocycles. The zero-order chi connectivity index (χ0) is 17.8. The van der Waals surface area contributed by atoms with E-state index in [4.69, 9.17) is 0 Å². The van der Waals surface area contributed by atoms with Crippen LogP contribution in [0.15, 0.2) is 54.7 Å². The molecule has 0 radical (unpaired) electrons. The first-order chi connectivity index (χ1) is 11.9. The van der Waals surface area contributed by atoms with E-state index in [2.05, 4.69) is 4.98 Å². The van der Waals surface area contributed by atoms with Crippen molar-refractivity contribution < 1.29 is 9.18 Å². The molecular formula is C21H19FN2O. The van der Waals surface area contributed by atoms with E-state index in [1.165, 1.54) is 12.1 Å². The number of anilines is 2. The standard InChI is InChI=1S/C21H19FN2O/c1-13-20(25)24(16-10-14-6-4-5-7-18(14)23-12-16)19-11-15(22)8-9-17(19)21(13,2)3/h4-13H,1-3H3. The lowest BCUT2D eigenvalue weighted by Crippen LogP contribution is -2.46. The Morgan fingerprint density at radius 2 is 1.88 bits per heavy atom. The molecule has 0 aliphatic carbocycles. The van der Waals surface area contributed by atoms with Gasteiger partial charge in [0.15, 0.2) is 0 Å². The summed E-state index contributed by atoms with van der Waals surface area (Å²) in [6.07, 6.45) is 1.68. The molecule has 4 heteroatoms. The van der Waals surface area contributed by atoms with E-state index in [1.54, 1.807) is 17.2 Å². The van der Waals surface area contributed by atoms with Crippen molar-refractivity contribution in [3.05, 3.63) is 66.1 Å². The number of nitrogens with zero attached hydrogens (tertiary/aromatic N) is 2. The first-order valence-corrected chi connectivity index (χ1v) is 8.38. The summed E-state index contributed by atoms with van der Waals surface area (Å²) in [6, 6.07) is 14.4. The fraction of sp³-hybridized carbons (Fsp3) is 0.238. The van der Waals surface area contributed by atoms with Crippen LogP contribution in [0.4, 0.5) is 15.8 Å². The molecular weight excluding hydrogens is 315 g/mol. The number of fused-ring (bicyclic) bond motifs is 2. The highest BCUT2D eigenvalue weighted by atomic mass is 19.1. The fourth-order valence-electron chi connectivity index (χ4n) is 3.54. The molecule has 0 fully saturated rings. The molecule has 1 atom stereocenters. The van der Waals surface area contributed by atoms with Crippen LogP contribution in [0.25, 0.3) is 10.9 Å². The Hall–Kier alpha value is -2.75. The van der Waals surface area contributed by atoms with Gasteiger partial charge in [-0.25, -0.2) is 4.39 Å². The fourth-order valence-corrected chi connectivity index (χ4v) is 3.54.